The number of furan rings is 1. The minimum absolute atomic E-state index is 0.0194. The minimum atomic E-state index is -1.21. The number of rotatable bonds is 3. The van der Waals surface area contributed by atoms with Gasteiger partial charge in [0.25, 0.3) is 5.91 Å². The molecule has 0 unspecified atom stereocenters. The molecule has 2 heterocycles. The van der Waals surface area contributed by atoms with E-state index in [1.165, 1.54) is 11.8 Å². The molecule has 0 saturated carbocycles. The number of nitrogens with zero attached hydrogens (tertiary/aromatic N) is 1. The van der Waals surface area contributed by atoms with Gasteiger partial charge in [0.05, 0.1) is 25.3 Å². The first-order valence-electron chi connectivity index (χ1n) is 14.8. The Labute approximate surface area is 252 Å². The van der Waals surface area contributed by atoms with E-state index in [2.05, 4.69) is 22.0 Å². The Morgan fingerprint density at radius 1 is 1.07 bits per heavy atom. The van der Waals surface area contributed by atoms with Gasteiger partial charge in [-0.2, -0.15) is 0 Å². The lowest BCUT2D eigenvalue weighted by atomic mass is 9.98. The smallest absolute Gasteiger partial charge is 0.252 e. The van der Waals surface area contributed by atoms with Crippen molar-refractivity contribution in [2.24, 2.45) is 0 Å². The predicted octanol–water partition coefficient (Wildman–Crippen LogP) is 2.78. The lowest BCUT2D eigenvalue weighted by Crippen LogP contribution is -2.56. The van der Waals surface area contributed by atoms with Gasteiger partial charge in [-0.15, -0.1) is 0 Å². The summed E-state index contributed by atoms with van der Waals surface area (Å²) in [5, 5.41) is 19.6. The van der Waals surface area contributed by atoms with Crippen molar-refractivity contribution in [3.05, 3.63) is 69.5 Å². The monoisotopic (exact) mass is 590 g/mol. The second-order valence-corrected chi connectivity index (χ2v) is 11.7. The lowest BCUT2D eigenvalue weighted by Gasteiger charge is -2.28. The first kappa shape index (κ1) is 31.7. The number of aryl methyl sites for hydroxylation is 5. The summed E-state index contributed by atoms with van der Waals surface area (Å²) in [6.45, 7) is 11.3. The third-order valence-corrected chi connectivity index (χ3v) is 8.15. The van der Waals surface area contributed by atoms with E-state index in [1.807, 2.05) is 33.8 Å². The van der Waals surface area contributed by atoms with Gasteiger partial charge < -0.3 is 30.4 Å². The SMILES string of the molecule is Cc1ccc2cc1CCCNC(=O)CN(C(=O)Cc1coc3c(C)c(C)cc(C)c13)C[C@@H](C)NC(=O)[C@H]([C@@H](C)O)NC2=O. The molecule has 3 atom stereocenters. The van der Waals surface area contributed by atoms with Gasteiger partial charge in [0.1, 0.15) is 11.6 Å². The Morgan fingerprint density at radius 3 is 2.53 bits per heavy atom. The van der Waals surface area contributed by atoms with Crippen molar-refractivity contribution >= 4 is 34.6 Å². The molecule has 1 aromatic heterocycles. The van der Waals surface area contributed by atoms with Crippen LogP contribution in [0.1, 0.15) is 64.0 Å². The number of hydrogen-bond acceptors (Lipinski definition) is 6. The highest BCUT2D eigenvalue weighted by atomic mass is 16.3. The van der Waals surface area contributed by atoms with Crippen LogP contribution < -0.4 is 16.0 Å². The summed E-state index contributed by atoms with van der Waals surface area (Å²) in [5.74, 6) is -1.66. The molecule has 0 saturated heterocycles. The minimum Gasteiger partial charge on any atom is -0.464 e. The number of fused-ring (bicyclic) bond motifs is 3. The topological polar surface area (TPSA) is 141 Å². The van der Waals surface area contributed by atoms with E-state index in [0.717, 1.165) is 44.3 Å². The van der Waals surface area contributed by atoms with Crippen LogP contribution in [0.3, 0.4) is 0 Å². The molecule has 2 bridgehead atoms. The third-order valence-electron chi connectivity index (χ3n) is 8.15. The average molecular weight is 591 g/mol. The van der Waals surface area contributed by atoms with Gasteiger partial charge in [-0.05, 0) is 94.3 Å². The van der Waals surface area contributed by atoms with Gasteiger partial charge in [-0.25, -0.2) is 0 Å². The van der Waals surface area contributed by atoms with E-state index < -0.39 is 30.0 Å². The molecule has 3 aromatic rings. The summed E-state index contributed by atoms with van der Waals surface area (Å²) in [6, 6.07) is 5.56. The fourth-order valence-electron chi connectivity index (χ4n) is 5.60. The maximum atomic E-state index is 13.7. The van der Waals surface area contributed by atoms with E-state index in [0.29, 0.717) is 24.9 Å². The van der Waals surface area contributed by atoms with Crippen molar-refractivity contribution in [2.75, 3.05) is 19.6 Å². The predicted molar refractivity (Wildman–Crippen MR) is 164 cm³/mol. The largest absolute Gasteiger partial charge is 0.464 e. The molecule has 4 amide bonds. The molecule has 2 aromatic carbocycles. The molecule has 1 aliphatic rings. The van der Waals surface area contributed by atoms with Gasteiger partial charge in [0, 0.05) is 35.6 Å². The van der Waals surface area contributed by atoms with E-state index in [1.54, 1.807) is 25.3 Å². The van der Waals surface area contributed by atoms with Gasteiger partial charge in [0.2, 0.25) is 17.7 Å². The van der Waals surface area contributed by atoms with Crippen molar-refractivity contribution in [3.63, 3.8) is 0 Å². The number of benzene rings is 2. The number of amides is 4. The molecule has 0 radical (unpaired) electrons. The van der Waals surface area contributed by atoms with Crippen molar-refractivity contribution in [1.29, 1.82) is 0 Å². The Kier molecular flexibility index (Phi) is 9.91. The quantitative estimate of drug-likeness (QED) is 0.370. The highest BCUT2D eigenvalue weighted by molar-refractivity contribution is 5.98. The van der Waals surface area contributed by atoms with Crippen LogP contribution >= 0.6 is 0 Å². The lowest BCUT2D eigenvalue weighted by molar-refractivity contribution is -0.136. The first-order chi connectivity index (χ1) is 20.3. The zero-order valence-corrected chi connectivity index (χ0v) is 25.8. The van der Waals surface area contributed by atoms with Crippen LogP contribution in [0.15, 0.2) is 34.9 Å². The molecular formula is C33H42N4O6. The zero-order chi connectivity index (χ0) is 31.4. The van der Waals surface area contributed by atoms with Crippen LogP contribution in [0.5, 0.6) is 0 Å². The maximum absolute atomic E-state index is 13.7. The standard InChI is InChI=1S/C33H42N4O6/c1-18-9-10-25-13-24(18)8-7-11-34-27(39)16-37(15-21(4)35-33(42)30(23(6)38)36-32(25)41)28(40)14-26-17-43-31-22(5)19(2)12-20(3)29(26)31/h9-10,12-13,17,21,23,30,38H,7-8,11,14-16H2,1-6H3,(H,34,39)(H,35,42)(H,36,41)/t21-,23-,30+/m1/s1. The number of nitrogens with one attached hydrogen (secondary N) is 3. The summed E-state index contributed by atoms with van der Waals surface area (Å²) in [5.41, 5.74) is 6.92. The van der Waals surface area contributed by atoms with Crippen LogP contribution in [0.25, 0.3) is 11.0 Å². The van der Waals surface area contributed by atoms with Gasteiger partial charge in [0.15, 0.2) is 0 Å². The second-order valence-electron chi connectivity index (χ2n) is 11.7. The van der Waals surface area contributed by atoms with Crippen LogP contribution in [0, 0.1) is 27.7 Å². The molecule has 230 valence electrons. The molecule has 0 aliphatic carbocycles. The van der Waals surface area contributed by atoms with Crippen LogP contribution in [0.4, 0.5) is 0 Å². The summed E-state index contributed by atoms with van der Waals surface area (Å²) in [4.78, 5) is 54.4. The first-order valence-corrected chi connectivity index (χ1v) is 14.8. The summed E-state index contributed by atoms with van der Waals surface area (Å²) in [6.07, 6.45) is 1.71. The molecule has 0 fully saturated rings. The Hall–Kier alpha value is -4.18. The number of aliphatic hydroxyl groups is 1. The zero-order valence-electron chi connectivity index (χ0n) is 25.8. The second kappa shape index (κ2) is 13.4. The number of hydrogen-bond donors (Lipinski definition) is 4. The highest BCUT2D eigenvalue weighted by Gasteiger charge is 2.29. The Morgan fingerprint density at radius 2 is 1.81 bits per heavy atom. The van der Waals surface area contributed by atoms with Crippen LogP contribution in [0.2, 0.25) is 0 Å². The molecule has 1 aliphatic heterocycles. The molecule has 43 heavy (non-hydrogen) atoms. The fraction of sp³-hybridized carbons (Fsp3) is 0.455. The van der Waals surface area contributed by atoms with Crippen molar-refractivity contribution in [3.8, 4) is 0 Å². The number of carbonyl (C=O) groups excluding carboxylic acids is 4. The molecule has 10 nitrogen and oxygen atoms in total. The Balaban J connectivity index is 1.59. The van der Waals surface area contributed by atoms with E-state index >= 15 is 0 Å². The van der Waals surface area contributed by atoms with E-state index in [9.17, 15) is 24.3 Å². The maximum Gasteiger partial charge on any atom is 0.252 e. The number of aliphatic hydroxyl groups excluding tert-OH is 1. The summed E-state index contributed by atoms with van der Waals surface area (Å²) in [7, 11) is 0. The van der Waals surface area contributed by atoms with Crippen LogP contribution in [-0.2, 0) is 27.2 Å². The van der Waals surface area contributed by atoms with Crippen molar-refractivity contribution in [1.82, 2.24) is 20.9 Å². The highest BCUT2D eigenvalue weighted by Crippen LogP contribution is 2.30. The van der Waals surface area contributed by atoms with Gasteiger partial charge in [-0.1, -0.05) is 12.1 Å². The molecule has 4 rings (SSSR count). The van der Waals surface area contributed by atoms with Gasteiger partial charge in [-0.3, -0.25) is 19.2 Å². The summed E-state index contributed by atoms with van der Waals surface area (Å²) >= 11 is 0. The number of carbonyl (C=O) groups is 4. The van der Waals surface area contributed by atoms with Gasteiger partial charge >= 0.3 is 0 Å². The average Bonchev–Trinajstić information content (AvgIpc) is 3.36. The summed E-state index contributed by atoms with van der Waals surface area (Å²) < 4.78 is 5.86. The third kappa shape index (κ3) is 7.43. The van der Waals surface area contributed by atoms with E-state index in [-0.39, 0.29) is 31.3 Å². The van der Waals surface area contributed by atoms with Crippen LogP contribution in [-0.4, -0.2) is 71.5 Å². The molecule has 10 heteroatoms. The van der Waals surface area contributed by atoms with E-state index in [4.69, 9.17) is 4.42 Å². The van der Waals surface area contributed by atoms with Crippen molar-refractivity contribution in [2.45, 2.75) is 79.0 Å². The normalized spacial score (nSPS) is 19.8. The Bertz CT molecular complexity index is 1540. The molecule has 4 N–H and O–H groups in total. The molecule has 0 spiro atoms. The molecular weight excluding hydrogens is 548 g/mol. The fourth-order valence-corrected chi connectivity index (χ4v) is 5.60. The van der Waals surface area contributed by atoms with Crippen molar-refractivity contribution < 1.29 is 28.7 Å².